The van der Waals surface area contributed by atoms with Crippen LogP contribution in [0.4, 0.5) is 0 Å². The van der Waals surface area contributed by atoms with Crippen molar-refractivity contribution in [3.8, 4) is 0 Å². The van der Waals surface area contributed by atoms with Crippen LogP contribution in [0, 0.1) is 0 Å². The van der Waals surface area contributed by atoms with Crippen LogP contribution in [0.5, 0.6) is 0 Å². The Morgan fingerprint density at radius 3 is 2.68 bits per heavy atom. The number of carbonyl (C=O) groups is 1. The summed E-state index contributed by atoms with van der Waals surface area (Å²) in [6, 6.07) is 7.90. The molecule has 0 fully saturated rings. The zero-order valence-electron chi connectivity index (χ0n) is 10.5. The van der Waals surface area contributed by atoms with Gasteiger partial charge in [0.1, 0.15) is 0 Å². The number of aryl methyl sites for hydroxylation is 1. The van der Waals surface area contributed by atoms with Gasteiger partial charge in [-0.2, -0.15) is 0 Å². The minimum absolute atomic E-state index is 0.159. The molecule has 1 aromatic carbocycles. The number of hydrogen-bond acceptors (Lipinski definition) is 1. The lowest BCUT2D eigenvalue weighted by molar-refractivity contribution is -0.136. The van der Waals surface area contributed by atoms with Gasteiger partial charge in [-0.15, -0.1) is 0 Å². The average molecular weight is 275 g/mol. The van der Waals surface area contributed by atoms with Crippen LogP contribution in [-0.2, 0) is 11.2 Å². The maximum Gasteiger partial charge on any atom is 0.303 e. The molecule has 0 aliphatic heterocycles. The SMILES string of the molecule is O=C(O)CCc1ccc(C2=CCC=CC=C2Cl)cc1. The third kappa shape index (κ3) is 3.83. The maximum absolute atomic E-state index is 10.5. The summed E-state index contributed by atoms with van der Waals surface area (Å²) >= 11 is 6.23. The van der Waals surface area contributed by atoms with Crippen molar-refractivity contribution in [2.24, 2.45) is 0 Å². The van der Waals surface area contributed by atoms with E-state index >= 15 is 0 Å². The molecular weight excluding hydrogens is 260 g/mol. The van der Waals surface area contributed by atoms with Gasteiger partial charge in [-0.05, 0) is 35.6 Å². The fourth-order valence-electron chi connectivity index (χ4n) is 1.96. The van der Waals surface area contributed by atoms with Crippen molar-refractivity contribution in [1.29, 1.82) is 0 Å². The summed E-state index contributed by atoms with van der Waals surface area (Å²) in [6.07, 6.45) is 9.56. The number of halogens is 1. The summed E-state index contributed by atoms with van der Waals surface area (Å²) in [7, 11) is 0. The predicted octanol–water partition coefficient (Wildman–Crippen LogP) is 4.17. The smallest absolute Gasteiger partial charge is 0.303 e. The molecule has 0 atom stereocenters. The Morgan fingerprint density at radius 2 is 2.00 bits per heavy atom. The molecule has 0 amide bonds. The van der Waals surface area contributed by atoms with Gasteiger partial charge in [0.15, 0.2) is 0 Å². The molecule has 0 saturated heterocycles. The number of carboxylic acids is 1. The fraction of sp³-hybridized carbons (Fsp3) is 0.188. The number of hydrogen-bond donors (Lipinski definition) is 1. The van der Waals surface area contributed by atoms with Crippen LogP contribution in [0.15, 0.2) is 53.6 Å². The van der Waals surface area contributed by atoms with Gasteiger partial charge in [-0.3, -0.25) is 4.79 Å². The van der Waals surface area contributed by atoms with E-state index in [-0.39, 0.29) is 6.42 Å². The molecule has 1 aliphatic rings. The average Bonchev–Trinajstić information content (AvgIpc) is 2.62. The van der Waals surface area contributed by atoms with Crippen molar-refractivity contribution >= 4 is 23.1 Å². The molecule has 3 heteroatoms. The second-order valence-corrected chi connectivity index (χ2v) is 4.79. The molecule has 0 aromatic heterocycles. The second kappa shape index (κ2) is 6.39. The lowest BCUT2D eigenvalue weighted by Crippen LogP contribution is -1.97. The van der Waals surface area contributed by atoms with Crippen LogP contribution in [0.25, 0.3) is 5.57 Å². The van der Waals surface area contributed by atoms with Crippen LogP contribution in [0.1, 0.15) is 24.0 Å². The van der Waals surface area contributed by atoms with Crippen LogP contribution in [-0.4, -0.2) is 11.1 Å². The van der Waals surface area contributed by atoms with Gasteiger partial charge in [0.2, 0.25) is 0 Å². The molecule has 0 saturated carbocycles. The summed E-state index contributed by atoms with van der Waals surface area (Å²) < 4.78 is 0. The van der Waals surface area contributed by atoms with Gasteiger partial charge in [-0.25, -0.2) is 0 Å². The Balaban J connectivity index is 2.14. The van der Waals surface area contributed by atoms with Gasteiger partial charge >= 0.3 is 5.97 Å². The zero-order chi connectivity index (χ0) is 13.7. The molecule has 1 N–H and O–H groups in total. The highest BCUT2D eigenvalue weighted by atomic mass is 35.5. The minimum atomic E-state index is -0.771. The number of benzene rings is 1. The first kappa shape index (κ1) is 13.6. The van der Waals surface area contributed by atoms with Gasteiger partial charge in [-0.1, -0.05) is 54.1 Å². The van der Waals surface area contributed by atoms with E-state index in [1.54, 1.807) is 0 Å². The highest BCUT2D eigenvalue weighted by Crippen LogP contribution is 2.28. The van der Waals surface area contributed by atoms with Crippen LogP contribution < -0.4 is 0 Å². The van der Waals surface area contributed by atoms with E-state index in [1.807, 2.05) is 36.4 Å². The molecule has 2 nitrogen and oxygen atoms in total. The van der Waals surface area contributed by atoms with E-state index in [4.69, 9.17) is 16.7 Å². The topological polar surface area (TPSA) is 37.3 Å². The molecule has 1 aromatic rings. The number of aliphatic carboxylic acids is 1. The van der Waals surface area contributed by atoms with E-state index in [0.29, 0.717) is 6.42 Å². The van der Waals surface area contributed by atoms with E-state index in [0.717, 1.165) is 28.2 Å². The molecular formula is C16H15ClO2. The zero-order valence-corrected chi connectivity index (χ0v) is 11.2. The molecule has 98 valence electrons. The van der Waals surface area contributed by atoms with Gasteiger partial charge in [0, 0.05) is 11.5 Å². The largest absolute Gasteiger partial charge is 0.481 e. The molecule has 0 spiro atoms. The molecule has 0 heterocycles. The highest BCUT2D eigenvalue weighted by molar-refractivity contribution is 6.37. The third-order valence-electron chi connectivity index (χ3n) is 2.99. The van der Waals surface area contributed by atoms with Crippen molar-refractivity contribution in [3.63, 3.8) is 0 Å². The first-order chi connectivity index (χ1) is 9.16. The van der Waals surface area contributed by atoms with E-state index < -0.39 is 5.97 Å². The maximum atomic E-state index is 10.5. The van der Waals surface area contributed by atoms with E-state index in [9.17, 15) is 4.79 Å². The fourth-order valence-corrected chi connectivity index (χ4v) is 2.22. The van der Waals surface area contributed by atoms with Crippen molar-refractivity contribution in [2.75, 3.05) is 0 Å². The summed E-state index contributed by atoms with van der Waals surface area (Å²) in [5, 5.41) is 9.39. The lowest BCUT2D eigenvalue weighted by atomic mass is 10.0. The molecule has 0 radical (unpaired) electrons. The Labute approximate surface area is 117 Å². The van der Waals surface area contributed by atoms with Gasteiger partial charge in [0.25, 0.3) is 0 Å². The highest BCUT2D eigenvalue weighted by Gasteiger charge is 2.07. The normalized spacial score (nSPS) is 14.6. The number of allylic oxidation sites excluding steroid dienone is 6. The minimum Gasteiger partial charge on any atom is -0.481 e. The van der Waals surface area contributed by atoms with Gasteiger partial charge < -0.3 is 5.11 Å². The summed E-state index contributed by atoms with van der Waals surface area (Å²) in [6.45, 7) is 0. The van der Waals surface area contributed by atoms with Gasteiger partial charge in [0.05, 0.1) is 0 Å². The van der Waals surface area contributed by atoms with Crippen molar-refractivity contribution in [3.05, 3.63) is 64.7 Å². The standard InChI is InChI=1S/C16H15ClO2/c17-15-5-3-1-2-4-14(15)13-9-6-12(7-10-13)8-11-16(18)19/h1,3-7,9-10H,2,8,11H2,(H,18,19). The lowest BCUT2D eigenvalue weighted by Gasteiger charge is -2.07. The van der Waals surface area contributed by atoms with Crippen LogP contribution in [0.2, 0.25) is 0 Å². The Kier molecular flexibility index (Phi) is 4.58. The first-order valence-corrected chi connectivity index (χ1v) is 6.58. The van der Waals surface area contributed by atoms with E-state index in [2.05, 4.69) is 12.2 Å². The van der Waals surface area contributed by atoms with Crippen LogP contribution >= 0.6 is 11.6 Å². The van der Waals surface area contributed by atoms with Crippen molar-refractivity contribution in [1.82, 2.24) is 0 Å². The third-order valence-corrected chi connectivity index (χ3v) is 3.32. The quantitative estimate of drug-likeness (QED) is 0.895. The van der Waals surface area contributed by atoms with E-state index in [1.165, 1.54) is 0 Å². The molecule has 19 heavy (non-hydrogen) atoms. The Hall–Kier alpha value is -1.80. The summed E-state index contributed by atoms with van der Waals surface area (Å²) in [5.74, 6) is -0.771. The monoisotopic (exact) mass is 274 g/mol. The second-order valence-electron chi connectivity index (χ2n) is 4.39. The Morgan fingerprint density at radius 1 is 1.26 bits per heavy atom. The van der Waals surface area contributed by atoms with Crippen molar-refractivity contribution in [2.45, 2.75) is 19.3 Å². The van der Waals surface area contributed by atoms with Crippen LogP contribution in [0.3, 0.4) is 0 Å². The first-order valence-electron chi connectivity index (χ1n) is 6.21. The predicted molar refractivity (Wildman–Crippen MR) is 78.1 cm³/mol. The number of rotatable bonds is 4. The summed E-state index contributed by atoms with van der Waals surface area (Å²) in [5.41, 5.74) is 3.11. The van der Waals surface area contributed by atoms with Crippen molar-refractivity contribution < 1.29 is 9.90 Å². The number of carboxylic acid groups (broad SMARTS) is 1. The molecule has 0 unspecified atom stereocenters. The Bertz CT molecular complexity index is 551. The molecule has 1 aliphatic carbocycles. The molecule has 0 bridgehead atoms. The summed E-state index contributed by atoms with van der Waals surface area (Å²) in [4.78, 5) is 10.5. The molecule has 2 rings (SSSR count).